The maximum atomic E-state index is 12.6. The molecule has 1 heterocycles. The van der Waals surface area contributed by atoms with Gasteiger partial charge in [0.15, 0.2) is 13.1 Å². The first-order chi connectivity index (χ1) is 19.6. The van der Waals surface area contributed by atoms with Crippen molar-refractivity contribution in [2.24, 2.45) is 0 Å². The number of phenols is 2. The lowest BCUT2D eigenvalue weighted by molar-refractivity contribution is -0.683. The third-order valence-electron chi connectivity index (χ3n) is 5.43. The van der Waals surface area contributed by atoms with Crippen LogP contribution >= 0.6 is 0 Å². The van der Waals surface area contributed by atoms with Crippen LogP contribution in [0.15, 0.2) is 43.0 Å². The minimum atomic E-state index is -0.767. The number of anilines is 4. The number of halogens is 1. The fraction of sp³-hybridized carbons (Fsp3) is 0.240. The number of carbonyl (C=O) groups excluding carboxylic acids is 4. The molecule has 0 atom stereocenters. The van der Waals surface area contributed by atoms with Gasteiger partial charge in [-0.2, -0.15) is 0 Å². The molecule has 2 aromatic carbocycles. The van der Waals surface area contributed by atoms with E-state index in [0.717, 1.165) is 0 Å². The molecule has 6 N–H and O–H groups in total. The van der Waals surface area contributed by atoms with Crippen molar-refractivity contribution in [2.45, 2.75) is 13.1 Å². The molecule has 0 aliphatic rings. The Balaban J connectivity index is 0.00000616. The van der Waals surface area contributed by atoms with E-state index in [9.17, 15) is 29.4 Å². The number of nitrogens with zero attached hydrogens (tertiary/aromatic N) is 2. The van der Waals surface area contributed by atoms with Crippen LogP contribution in [-0.2, 0) is 32.2 Å². The van der Waals surface area contributed by atoms with Gasteiger partial charge in [0.05, 0.1) is 51.2 Å². The van der Waals surface area contributed by atoms with Crippen LogP contribution in [0.1, 0.15) is 0 Å². The molecule has 16 nitrogen and oxygen atoms in total. The van der Waals surface area contributed by atoms with E-state index in [2.05, 4.69) is 30.7 Å². The van der Waals surface area contributed by atoms with Gasteiger partial charge in [-0.15, -0.1) is 0 Å². The molecule has 0 radical (unpaired) electrons. The number of phenolic OH excluding ortho intramolecular Hbond substituents is 2. The SMILES string of the molecule is COC(=O)Nc1cc(O)c(NC(=O)Cn2cc[n+](CC(=O)Nc3cc(OC)c(NC(=O)OC)cc3O)c2)cc1OC.[Cl-]. The number of hydrogen-bond acceptors (Lipinski definition) is 10. The summed E-state index contributed by atoms with van der Waals surface area (Å²) in [5.74, 6) is -1.29. The highest BCUT2D eigenvalue weighted by Gasteiger charge is 2.18. The normalized spacial score (nSPS) is 10.0. The molecular weight excluding hydrogens is 580 g/mol. The standard InChI is InChI=1S/C25H28N6O10.ClH/c1-38-20-9-14(18(32)7-16(20)28-24(36)40-3)26-22(34)11-30-5-6-31(13-30)12-23(35)27-15-10-21(39-2)17(8-19(15)33)29-25(37)41-4;/h5-10,13H,11-12H2,1-4H3,(H5-,26,27,28,29,32,33,34,35,36,37);1H. The molecule has 3 aromatic rings. The number of benzene rings is 2. The van der Waals surface area contributed by atoms with Crippen LogP contribution in [0.2, 0.25) is 0 Å². The summed E-state index contributed by atoms with van der Waals surface area (Å²) in [7, 11) is 5.07. The van der Waals surface area contributed by atoms with E-state index < -0.39 is 24.0 Å². The van der Waals surface area contributed by atoms with E-state index in [1.165, 1.54) is 68.2 Å². The minimum absolute atomic E-state index is 0. The number of amides is 4. The van der Waals surface area contributed by atoms with Crippen LogP contribution in [0.5, 0.6) is 23.0 Å². The third-order valence-corrected chi connectivity index (χ3v) is 5.43. The molecular formula is C25H29ClN6O10. The summed E-state index contributed by atoms with van der Waals surface area (Å²) in [6, 6.07) is 5.07. The second-order valence-corrected chi connectivity index (χ2v) is 8.23. The molecule has 0 saturated carbocycles. The Hall–Kier alpha value is -5.38. The second-order valence-electron chi connectivity index (χ2n) is 8.23. The Bertz CT molecular complexity index is 1360. The van der Waals surface area contributed by atoms with E-state index in [1.807, 2.05) is 0 Å². The van der Waals surface area contributed by atoms with E-state index in [-0.39, 0.29) is 71.2 Å². The lowest BCUT2D eigenvalue weighted by Gasteiger charge is -2.13. The smallest absolute Gasteiger partial charge is 0.411 e. The molecule has 0 saturated heterocycles. The average Bonchev–Trinajstić information content (AvgIpc) is 3.37. The van der Waals surface area contributed by atoms with Gasteiger partial charge < -0.3 is 52.2 Å². The van der Waals surface area contributed by atoms with Crippen molar-refractivity contribution >= 4 is 46.8 Å². The number of hydrogen-bond donors (Lipinski definition) is 6. The number of methoxy groups -OCH3 is 4. The van der Waals surface area contributed by atoms with Crippen molar-refractivity contribution in [3.63, 3.8) is 0 Å². The highest BCUT2D eigenvalue weighted by Crippen LogP contribution is 2.36. The molecule has 0 aliphatic carbocycles. The van der Waals surface area contributed by atoms with Gasteiger partial charge in [0, 0.05) is 24.3 Å². The number of ether oxygens (including phenoxy) is 4. The fourth-order valence-electron chi connectivity index (χ4n) is 3.53. The van der Waals surface area contributed by atoms with Crippen LogP contribution in [0, 0.1) is 0 Å². The van der Waals surface area contributed by atoms with Gasteiger partial charge in [-0.05, 0) is 0 Å². The number of nitrogens with one attached hydrogen (secondary N) is 4. The van der Waals surface area contributed by atoms with Crippen LogP contribution in [0.4, 0.5) is 32.3 Å². The van der Waals surface area contributed by atoms with Crippen molar-refractivity contribution in [2.75, 3.05) is 49.7 Å². The van der Waals surface area contributed by atoms with E-state index >= 15 is 0 Å². The predicted octanol–water partition coefficient (Wildman–Crippen LogP) is -1.16. The summed E-state index contributed by atoms with van der Waals surface area (Å²) < 4.78 is 22.4. The molecule has 0 bridgehead atoms. The molecule has 3 rings (SSSR count). The van der Waals surface area contributed by atoms with Gasteiger partial charge in [-0.3, -0.25) is 20.2 Å². The minimum Gasteiger partial charge on any atom is -1.00 e. The predicted molar refractivity (Wildman–Crippen MR) is 143 cm³/mol. The maximum Gasteiger partial charge on any atom is 0.411 e. The maximum absolute atomic E-state index is 12.6. The lowest BCUT2D eigenvalue weighted by atomic mass is 10.2. The summed E-state index contributed by atoms with van der Waals surface area (Å²) in [6.07, 6.45) is 3.09. The van der Waals surface area contributed by atoms with Gasteiger partial charge in [0.1, 0.15) is 35.4 Å². The summed E-state index contributed by atoms with van der Waals surface area (Å²) in [5.41, 5.74) is 0.370. The zero-order valence-electron chi connectivity index (χ0n) is 22.9. The number of carbonyl (C=O) groups is 4. The first kappa shape index (κ1) is 32.8. The van der Waals surface area contributed by atoms with E-state index in [0.29, 0.717) is 0 Å². The molecule has 1 aromatic heterocycles. The van der Waals surface area contributed by atoms with Crippen molar-refractivity contribution in [1.29, 1.82) is 0 Å². The molecule has 4 amide bonds. The molecule has 17 heteroatoms. The molecule has 226 valence electrons. The number of aromatic nitrogens is 2. The quantitative estimate of drug-likeness (QED) is 0.120. The Morgan fingerprint density at radius 1 is 0.738 bits per heavy atom. The average molecular weight is 609 g/mol. The van der Waals surface area contributed by atoms with Gasteiger partial charge in [-0.25, -0.2) is 18.7 Å². The van der Waals surface area contributed by atoms with Crippen LogP contribution in [0.3, 0.4) is 0 Å². The van der Waals surface area contributed by atoms with Crippen LogP contribution in [-0.4, -0.2) is 67.2 Å². The molecule has 0 unspecified atom stereocenters. The first-order valence-corrected chi connectivity index (χ1v) is 11.7. The van der Waals surface area contributed by atoms with Gasteiger partial charge in [0.25, 0.3) is 11.8 Å². The lowest BCUT2D eigenvalue weighted by Crippen LogP contribution is -3.00. The molecule has 42 heavy (non-hydrogen) atoms. The highest BCUT2D eigenvalue weighted by molar-refractivity contribution is 5.95. The number of rotatable bonds is 10. The second kappa shape index (κ2) is 14.8. The topological polar surface area (TPSA) is 203 Å². The van der Waals surface area contributed by atoms with E-state index in [4.69, 9.17) is 9.47 Å². The third kappa shape index (κ3) is 8.56. The summed E-state index contributed by atoms with van der Waals surface area (Å²) in [6.45, 7) is -0.323. The highest BCUT2D eigenvalue weighted by atomic mass is 35.5. The monoisotopic (exact) mass is 608 g/mol. The van der Waals surface area contributed by atoms with Gasteiger partial charge in [-0.1, -0.05) is 0 Å². The van der Waals surface area contributed by atoms with Crippen LogP contribution < -0.4 is 47.7 Å². The van der Waals surface area contributed by atoms with Crippen LogP contribution in [0.25, 0.3) is 0 Å². The molecule has 0 spiro atoms. The van der Waals surface area contributed by atoms with Gasteiger partial charge in [0.2, 0.25) is 6.33 Å². The van der Waals surface area contributed by atoms with Crippen molar-refractivity contribution in [3.8, 4) is 23.0 Å². The molecule has 0 aliphatic heterocycles. The Morgan fingerprint density at radius 2 is 1.21 bits per heavy atom. The zero-order chi connectivity index (χ0) is 30.1. The van der Waals surface area contributed by atoms with Crippen molar-refractivity contribution in [1.82, 2.24) is 4.57 Å². The Labute approximate surface area is 245 Å². The Kier molecular flexibility index (Phi) is 11.6. The van der Waals surface area contributed by atoms with Gasteiger partial charge >= 0.3 is 12.2 Å². The Morgan fingerprint density at radius 3 is 1.67 bits per heavy atom. The number of aromatic hydroxyl groups is 2. The fourth-order valence-corrected chi connectivity index (χ4v) is 3.53. The summed E-state index contributed by atoms with van der Waals surface area (Å²) in [5, 5.41) is 30.5. The zero-order valence-corrected chi connectivity index (χ0v) is 23.6. The largest absolute Gasteiger partial charge is 1.00 e. The number of imidazole rings is 1. The first-order valence-electron chi connectivity index (χ1n) is 11.7. The van der Waals surface area contributed by atoms with E-state index in [1.54, 1.807) is 12.4 Å². The molecule has 0 fully saturated rings. The van der Waals surface area contributed by atoms with Crippen molar-refractivity contribution in [3.05, 3.63) is 43.0 Å². The summed E-state index contributed by atoms with van der Waals surface area (Å²) in [4.78, 5) is 48.1. The van der Waals surface area contributed by atoms with Crippen molar-refractivity contribution < 1.29 is 65.3 Å². The summed E-state index contributed by atoms with van der Waals surface area (Å²) >= 11 is 0.